The molecule has 0 aromatic carbocycles. The molecule has 230 valence electrons. The average Bonchev–Trinajstić information content (AvgIpc) is 3.25. The van der Waals surface area contributed by atoms with Crippen LogP contribution in [-0.4, -0.2) is 0 Å². The van der Waals surface area contributed by atoms with Gasteiger partial charge in [0.15, 0.2) is 0 Å². The molecule has 38 heavy (non-hydrogen) atoms. The van der Waals surface area contributed by atoms with E-state index in [-0.39, 0.29) is 1.43 Å². The Kier molecular flexibility index (Phi) is 23.3. The van der Waals surface area contributed by atoms with Crippen LogP contribution in [0.15, 0.2) is 0 Å². The molecule has 3 aliphatic carbocycles. The molecule has 0 aromatic heterocycles. The second-order valence-corrected chi connectivity index (χ2v) is 13.0. The standard InChI is InChI=1S/C26H44.C5H12.C3H8.2C2H6.H2/c1-6-9-10-12-21-14-16-23-22-15-13-20(11-7-2)25(4,18-8-3)24(22)17-19-26(21,23)5;1-4-5(2)3;1-3-2;2*1-2;/h20-24H,7-8,10-19H2,1-5H3;5H,4H2,1-3H3;3H2,1-2H3;2*1-2H3;1H. The SMILES string of the molecule is CC.CC.CC#CCCC1CCC2C3CCC(CCC)C(C)(CCC)C3CCC12C.CCC.CCC(C)C.[HH]. The van der Waals surface area contributed by atoms with Crippen LogP contribution in [0.4, 0.5) is 0 Å². The first-order valence-corrected chi connectivity index (χ1v) is 17.6. The molecule has 3 rings (SSSR count). The van der Waals surface area contributed by atoms with Crippen LogP contribution in [0.3, 0.4) is 0 Å². The highest BCUT2D eigenvalue weighted by Gasteiger charge is 2.58. The number of rotatable bonds is 7. The fourth-order valence-corrected chi connectivity index (χ4v) is 8.24. The van der Waals surface area contributed by atoms with Crippen molar-refractivity contribution in [3.63, 3.8) is 0 Å². The summed E-state index contributed by atoms with van der Waals surface area (Å²) < 4.78 is 0. The normalized spacial score (nSPS) is 32.7. The molecule has 0 amide bonds. The van der Waals surface area contributed by atoms with E-state index in [1.165, 1.54) is 83.5 Å². The lowest BCUT2D eigenvalue weighted by molar-refractivity contribution is -0.102. The zero-order valence-corrected chi connectivity index (χ0v) is 29.4. The first-order valence-electron chi connectivity index (χ1n) is 17.6. The minimum atomic E-state index is 0. The second kappa shape index (κ2) is 22.3. The Balaban J connectivity index is -0.000000857. The quantitative estimate of drug-likeness (QED) is 0.285. The van der Waals surface area contributed by atoms with Crippen LogP contribution in [0.5, 0.6) is 0 Å². The first-order chi connectivity index (χ1) is 18.2. The van der Waals surface area contributed by atoms with Gasteiger partial charge in [-0.1, -0.05) is 122 Å². The summed E-state index contributed by atoms with van der Waals surface area (Å²) >= 11 is 0. The molecule has 0 aromatic rings. The fraction of sp³-hybridized carbons (Fsp3) is 0.947. The Morgan fingerprint density at radius 2 is 1.32 bits per heavy atom. The highest BCUT2D eigenvalue weighted by molar-refractivity contribution is 5.08. The summed E-state index contributed by atoms with van der Waals surface area (Å²) in [6.45, 7) is 31.1. The highest BCUT2D eigenvalue weighted by atomic mass is 14.6. The molecule has 0 saturated heterocycles. The largest absolute Gasteiger partial charge is 0.107 e. The van der Waals surface area contributed by atoms with Crippen molar-refractivity contribution in [3.05, 3.63) is 0 Å². The summed E-state index contributed by atoms with van der Waals surface area (Å²) in [4.78, 5) is 0. The van der Waals surface area contributed by atoms with E-state index in [1.807, 2.05) is 34.6 Å². The Morgan fingerprint density at radius 3 is 1.79 bits per heavy atom. The maximum atomic E-state index is 3.34. The fourth-order valence-electron chi connectivity index (χ4n) is 8.24. The first kappa shape index (κ1) is 39.7. The Morgan fingerprint density at radius 1 is 0.763 bits per heavy atom. The average molecular weight is 535 g/mol. The van der Waals surface area contributed by atoms with Gasteiger partial charge in [-0.15, -0.1) is 11.8 Å². The topological polar surface area (TPSA) is 0 Å². The van der Waals surface area contributed by atoms with Crippen LogP contribution in [0.25, 0.3) is 0 Å². The molecule has 3 fully saturated rings. The predicted molar refractivity (Wildman–Crippen MR) is 180 cm³/mol. The molecular weight excluding hydrogens is 456 g/mol. The summed E-state index contributed by atoms with van der Waals surface area (Å²) in [5.74, 6) is 12.3. The smallest absolute Gasteiger partial charge is 0.00914 e. The molecule has 7 unspecified atom stereocenters. The molecule has 0 heteroatoms. The third kappa shape index (κ3) is 11.2. The molecule has 3 aliphatic rings. The van der Waals surface area contributed by atoms with Crippen molar-refractivity contribution in [3.8, 4) is 11.8 Å². The van der Waals surface area contributed by atoms with Gasteiger partial charge in [-0.2, -0.15) is 0 Å². The van der Waals surface area contributed by atoms with E-state index in [0.717, 1.165) is 41.9 Å². The van der Waals surface area contributed by atoms with Crippen LogP contribution in [0.1, 0.15) is 188 Å². The minimum Gasteiger partial charge on any atom is -0.107 e. The number of hydrogen-bond acceptors (Lipinski definition) is 0. The Labute approximate surface area is 246 Å². The second-order valence-electron chi connectivity index (χ2n) is 13.0. The molecule has 0 spiro atoms. The van der Waals surface area contributed by atoms with Gasteiger partial charge in [0.25, 0.3) is 0 Å². The van der Waals surface area contributed by atoms with Crippen LogP contribution in [0, 0.1) is 58.2 Å². The van der Waals surface area contributed by atoms with E-state index < -0.39 is 0 Å². The van der Waals surface area contributed by atoms with Gasteiger partial charge in [-0.05, 0) is 105 Å². The van der Waals surface area contributed by atoms with Crippen LogP contribution in [-0.2, 0) is 0 Å². The third-order valence-electron chi connectivity index (χ3n) is 10.3. The van der Waals surface area contributed by atoms with E-state index in [2.05, 4.69) is 74.2 Å². The van der Waals surface area contributed by atoms with Crippen LogP contribution < -0.4 is 0 Å². The van der Waals surface area contributed by atoms with Gasteiger partial charge in [0, 0.05) is 7.85 Å². The molecular formula is C38H78. The molecule has 3 saturated carbocycles. The monoisotopic (exact) mass is 535 g/mol. The van der Waals surface area contributed by atoms with E-state index in [1.54, 1.807) is 0 Å². The molecule has 0 bridgehead atoms. The van der Waals surface area contributed by atoms with E-state index in [4.69, 9.17) is 0 Å². The van der Waals surface area contributed by atoms with Gasteiger partial charge < -0.3 is 0 Å². The van der Waals surface area contributed by atoms with E-state index in [9.17, 15) is 0 Å². The highest BCUT2D eigenvalue weighted by Crippen LogP contribution is 2.67. The van der Waals surface area contributed by atoms with Crippen molar-refractivity contribution in [2.45, 2.75) is 187 Å². The van der Waals surface area contributed by atoms with Crippen molar-refractivity contribution < 1.29 is 1.43 Å². The van der Waals surface area contributed by atoms with Crippen molar-refractivity contribution in [2.24, 2.45) is 46.3 Å². The van der Waals surface area contributed by atoms with Crippen molar-refractivity contribution in [2.75, 3.05) is 0 Å². The number of fused-ring (bicyclic) bond motifs is 3. The van der Waals surface area contributed by atoms with Crippen molar-refractivity contribution in [1.82, 2.24) is 0 Å². The lowest BCUT2D eigenvalue weighted by atomic mass is 9.46. The van der Waals surface area contributed by atoms with Crippen LogP contribution >= 0.6 is 0 Å². The maximum absolute atomic E-state index is 3.34. The molecule has 7 atom stereocenters. The van der Waals surface area contributed by atoms with Gasteiger partial charge >= 0.3 is 0 Å². The number of hydrogen-bond donors (Lipinski definition) is 0. The van der Waals surface area contributed by atoms with E-state index >= 15 is 0 Å². The van der Waals surface area contributed by atoms with Gasteiger partial charge in [0.2, 0.25) is 0 Å². The van der Waals surface area contributed by atoms with Crippen molar-refractivity contribution in [1.29, 1.82) is 0 Å². The predicted octanol–water partition coefficient (Wildman–Crippen LogP) is 13.6. The van der Waals surface area contributed by atoms with Gasteiger partial charge in [0.05, 0.1) is 0 Å². The summed E-state index contributed by atoms with van der Waals surface area (Å²) in [5.41, 5.74) is 1.25. The zero-order chi connectivity index (χ0) is 29.8. The molecule has 0 aliphatic heterocycles. The lowest BCUT2D eigenvalue weighted by Crippen LogP contribution is -2.51. The Bertz CT molecular complexity index is 598. The Hall–Kier alpha value is -0.440. The summed E-state index contributed by atoms with van der Waals surface area (Å²) in [6, 6.07) is 0. The lowest BCUT2D eigenvalue weighted by Gasteiger charge is -2.59. The van der Waals surface area contributed by atoms with Gasteiger partial charge in [0.1, 0.15) is 0 Å². The third-order valence-corrected chi connectivity index (χ3v) is 10.3. The summed E-state index contributed by atoms with van der Waals surface area (Å²) in [7, 11) is 0. The molecule has 0 heterocycles. The molecule has 0 N–H and O–H groups in total. The van der Waals surface area contributed by atoms with Gasteiger partial charge in [-0.25, -0.2) is 0 Å². The minimum absolute atomic E-state index is 0. The molecule has 0 radical (unpaired) electrons. The van der Waals surface area contributed by atoms with Gasteiger partial charge in [-0.3, -0.25) is 0 Å². The van der Waals surface area contributed by atoms with Crippen LogP contribution in [0.2, 0.25) is 0 Å². The zero-order valence-electron chi connectivity index (χ0n) is 29.4. The summed E-state index contributed by atoms with van der Waals surface area (Å²) in [6.07, 6.45) is 19.8. The summed E-state index contributed by atoms with van der Waals surface area (Å²) in [5, 5.41) is 0. The maximum Gasteiger partial charge on any atom is 0.00914 e. The van der Waals surface area contributed by atoms with Crippen molar-refractivity contribution >= 4 is 0 Å². The van der Waals surface area contributed by atoms with E-state index in [0.29, 0.717) is 10.8 Å². The molecule has 0 nitrogen and oxygen atoms in total.